The molecule has 1 N–H and O–H groups in total. The van der Waals surface area contributed by atoms with Crippen LogP contribution in [0.25, 0.3) is 0 Å². The van der Waals surface area contributed by atoms with Crippen LogP contribution in [0.1, 0.15) is 31.0 Å². The van der Waals surface area contributed by atoms with Crippen molar-refractivity contribution in [2.24, 2.45) is 5.92 Å². The van der Waals surface area contributed by atoms with E-state index < -0.39 is 0 Å². The van der Waals surface area contributed by atoms with Crippen LogP contribution >= 0.6 is 0 Å². The van der Waals surface area contributed by atoms with Crippen LogP contribution in [0.4, 0.5) is 0 Å². The highest BCUT2D eigenvalue weighted by molar-refractivity contribution is 5.19. The Bertz CT molecular complexity index is 454. The molecule has 1 aromatic heterocycles. The Morgan fingerprint density at radius 3 is 2.33 bits per heavy atom. The van der Waals surface area contributed by atoms with Crippen LogP contribution in [0.2, 0.25) is 0 Å². The van der Waals surface area contributed by atoms with Gasteiger partial charge in [-0.2, -0.15) is 0 Å². The van der Waals surface area contributed by atoms with Crippen molar-refractivity contribution in [1.29, 1.82) is 0 Å². The predicted molar refractivity (Wildman–Crippen MR) is 72.9 cm³/mol. The second-order valence-corrected chi connectivity index (χ2v) is 4.76. The highest BCUT2D eigenvalue weighted by Gasteiger charge is 2.14. The molecule has 18 heavy (non-hydrogen) atoms. The summed E-state index contributed by atoms with van der Waals surface area (Å²) >= 11 is 0. The monoisotopic (exact) mass is 241 g/mol. The molecule has 0 aliphatic rings. The maximum atomic E-state index is 4.03. The fourth-order valence-corrected chi connectivity index (χ4v) is 2.05. The van der Waals surface area contributed by atoms with Crippen LogP contribution in [0.15, 0.2) is 49.1 Å². The van der Waals surface area contributed by atoms with Gasteiger partial charge in [-0.15, -0.1) is 0 Å². The molecule has 3 heteroatoms. The quantitative estimate of drug-likeness (QED) is 0.874. The summed E-state index contributed by atoms with van der Waals surface area (Å²) in [5, 5.41) is 3.57. The lowest BCUT2D eigenvalue weighted by atomic mass is 9.96. The molecule has 2 aromatic rings. The molecule has 0 bridgehead atoms. The molecular weight excluding hydrogens is 222 g/mol. The van der Waals surface area contributed by atoms with Gasteiger partial charge in [0.25, 0.3) is 0 Å². The van der Waals surface area contributed by atoms with E-state index >= 15 is 0 Å². The first-order valence-corrected chi connectivity index (χ1v) is 6.29. The van der Waals surface area contributed by atoms with Gasteiger partial charge in [-0.3, -0.25) is 0 Å². The Labute approximate surface area is 108 Å². The van der Waals surface area contributed by atoms with E-state index in [1.807, 2.05) is 18.5 Å². The van der Waals surface area contributed by atoms with Gasteiger partial charge in [0.15, 0.2) is 0 Å². The fraction of sp³-hybridized carbons (Fsp3) is 0.333. The van der Waals surface area contributed by atoms with E-state index in [9.17, 15) is 0 Å². The molecule has 94 valence electrons. The van der Waals surface area contributed by atoms with Crippen LogP contribution in [0.5, 0.6) is 0 Å². The predicted octanol–water partition coefficient (Wildman–Crippen LogP) is 2.96. The van der Waals surface area contributed by atoms with Crippen LogP contribution in [0.3, 0.4) is 0 Å². The van der Waals surface area contributed by atoms with E-state index in [1.165, 1.54) is 5.56 Å². The zero-order valence-corrected chi connectivity index (χ0v) is 10.9. The van der Waals surface area contributed by atoms with Gasteiger partial charge in [-0.05, 0) is 11.5 Å². The highest BCUT2D eigenvalue weighted by atomic mass is 14.9. The summed E-state index contributed by atoms with van der Waals surface area (Å²) in [7, 11) is 0. The van der Waals surface area contributed by atoms with Crippen molar-refractivity contribution in [2.75, 3.05) is 0 Å². The summed E-state index contributed by atoms with van der Waals surface area (Å²) in [6, 6.07) is 10.9. The average molecular weight is 241 g/mol. The first-order chi connectivity index (χ1) is 8.77. The van der Waals surface area contributed by atoms with E-state index in [0.717, 1.165) is 12.1 Å². The minimum atomic E-state index is 0.353. The van der Waals surface area contributed by atoms with Crippen LogP contribution < -0.4 is 5.32 Å². The molecule has 0 aliphatic carbocycles. The molecule has 2 rings (SSSR count). The van der Waals surface area contributed by atoms with E-state index in [-0.39, 0.29) is 0 Å². The average Bonchev–Trinajstić information content (AvgIpc) is 2.41. The van der Waals surface area contributed by atoms with Gasteiger partial charge in [0.05, 0.1) is 0 Å². The largest absolute Gasteiger partial charge is 0.306 e. The number of hydrogen-bond donors (Lipinski definition) is 1. The summed E-state index contributed by atoms with van der Waals surface area (Å²) < 4.78 is 0. The molecule has 0 saturated heterocycles. The Kier molecular flexibility index (Phi) is 4.42. The van der Waals surface area contributed by atoms with Crippen molar-refractivity contribution in [1.82, 2.24) is 15.3 Å². The van der Waals surface area contributed by atoms with Crippen LogP contribution in [0, 0.1) is 5.92 Å². The van der Waals surface area contributed by atoms with E-state index in [4.69, 9.17) is 0 Å². The molecule has 1 unspecified atom stereocenters. The van der Waals surface area contributed by atoms with Gasteiger partial charge in [-0.1, -0.05) is 44.2 Å². The van der Waals surface area contributed by atoms with Crippen molar-refractivity contribution >= 4 is 0 Å². The maximum absolute atomic E-state index is 4.03. The lowest BCUT2D eigenvalue weighted by Crippen LogP contribution is -2.25. The number of rotatable bonds is 5. The van der Waals surface area contributed by atoms with Crippen molar-refractivity contribution in [2.45, 2.75) is 26.4 Å². The molecular formula is C15H19N3. The highest BCUT2D eigenvalue weighted by Crippen LogP contribution is 2.21. The number of nitrogens with zero attached hydrogens (tertiary/aromatic N) is 2. The lowest BCUT2D eigenvalue weighted by molar-refractivity contribution is 0.410. The molecule has 0 fully saturated rings. The zero-order chi connectivity index (χ0) is 12.8. The van der Waals surface area contributed by atoms with Crippen molar-refractivity contribution in [3.8, 4) is 0 Å². The SMILES string of the molecule is CC(C)C(NCc1cncnc1)c1ccccc1. The first kappa shape index (κ1) is 12.7. The second kappa shape index (κ2) is 6.26. The summed E-state index contributed by atoms with van der Waals surface area (Å²) in [5.74, 6) is 0.539. The smallest absolute Gasteiger partial charge is 0.115 e. The molecule has 0 amide bonds. The minimum absolute atomic E-state index is 0.353. The lowest BCUT2D eigenvalue weighted by Gasteiger charge is -2.23. The Hall–Kier alpha value is -1.74. The third-order valence-electron chi connectivity index (χ3n) is 2.97. The standard InChI is InChI=1S/C15H19N3/c1-12(2)15(14-6-4-3-5-7-14)18-10-13-8-16-11-17-9-13/h3-9,11-12,15,18H,10H2,1-2H3. The molecule has 1 atom stereocenters. The van der Waals surface area contributed by atoms with E-state index in [1.54, 1.807) is 6.33 Å². The summed E-state index contributed by atoms with van der Waals surface area (Å²) in [6.45, 7) is 5.25. The Morgan fingerprint density at radius 2 is 1.72 bits per heavy atom. The van der Waals surface area contributed by atoms with Crippen molar-refractivity contribution in [3.05, 3.63) is 60.2 Å². The minimum Gasteiger partial charge on any atom is -0.306 e. The third kappa shape index (κ3) is 3.37. The normalized spacial score (nSPS) is 12.6. The molecule has 0 aliphatic heterocycles. The van der Waals surface area contributed by atoms with Crippen molar-refractivity contribution < 1.29 is 0 Å². The van der Waals surface area contributed by atoms with E-state index in [0.29, 0.717) is 12.0 Å². The second-order valence-electron chi connectivity index (χ2n) is 4.76. The van der Waals surface area contributed by atoms with Crippen LogP contribution in [-0.4, -0.2) is 9.97 Å². The number of hydrogen-bond acceptors (Lipinski definition) is 3. The number of nitrogens with one attached hydrogen (secondary N) is 1. The molecule has 1 heterocycles. The molecule has 0 spiro atoms. The van der Waals surface area contributed by atoms with Gasteiger partial charge < -0.3 is 5.32 Å². The number of aromatic nitrogens is 2. The van der Waals surface area contributed by atoms with Gasteiger partial charge in [0, 0.05) is 30.5 Å². The number of benzene rings is 1. The van der Waals surface area contributed by atoms with E-state index in [2.05, 4.69) is 53.4 Å². The van der Waals surface area contributed by atoms with Crippen molar-refractivity contribution in [3.63, 3.8) is 0 Å². The topological polar surface area (TPSA) is 37.8 Å². The summed E-state index contributed by atoms with van der Waals surface area (Å²) in [6.07, 6.45) is 5.26. The summed E-state index contributed by atoms with van der Waals surface area (Å²) in [4.78, 5) is 8.06. The van der Waals surface area contributed by atoms with Gasteiger partial charge in [0.1, 0.15) is 6.33 Å². The molecule has 3 nitrogen and oxygen atoms in total. The summed E-state index contributed by atoms with van der Waals surface area (Å²) in [5.41, 5.74) is 2.43. The molecule has 0 saturated carbocycles. The maximum Gasteiger partial charge on any atom is 0.115 e. The van der Waals surface area contributed by atoms with Gasteiger partial charge in [0.2, 0.25) is 0 Å². The van der Waals surface area contributed by atoms with Crippen LogP contribution in [-0.2, 0) is 6.54 Å². The zero-order valence-electron chi connectivity index (χ0n) is 10.9. The molecule has 1 aromatic carbocycles. The Balaban J connectivity index is 2.04. The first-order valence-electron chi connectivity index (χ1n) is 6.29. The van der Waals surface area contributed by atoms with Gasteiger partial charge in [-0.25, -0.2) is 9.97 Å². The molecule has 0 radical (unpaired) electrons. The van der Waals surface area contributed by atoms with Gasteiger partial charge >= 0.3 is 0 Å². The third-order valence-corrected chi connectivity index (χ3v) is 2.97. The fourth-order valence-electron chi connectivity index (χ4n) is 2.05. The Morgan fingerprint density at radius 1 is 1.06 bits per heavy atom.